The second-order valence-electron chi connectivity index (χ2n) is 7.32. The van der Waals surface area contributed by atoms with E-state index < -0.39 is 0 Å². The molecule has 0 unspecified atom stereocenters. The van der Waals surface area contributed by atoms with Crippen molar-refractivity contribution >= 4 is 11.9 Å². The third-order valence-corrected chi connectivity index (χ3v) is 4.12. The lowest BCUT2D eigenvalue weighted by Gasteiger charge is -2.15. The van der Waals surface area contributed by atoms with Crippen LogP contribution in [0.25, 0.3) is 11.4 Å². The van der Waals surface area contributed by atoms with Gasteiger partial charge in [-0.3, -0.25) is 0 Å². The predicted molar refractivity (Wildman–Crippen MR) is 117 cm³/mol. The fourth-order valence-corrected chi connectivity index (χ4v) is 3.06. The largest absolute Gasteiger partial charge is 0.378 e. The van der Waals surface area contributed by atoms with E-state index in [4.69, 9.17) is 15.2 Å². The summed E-state index contributed by atoms with van der Waals surface area (Å²) in [6, 6.07) is 4.51. The second kappa shape index (κ2) is 11.6. The summed E-state index contributed by atoms with van der Waals surface area (Å²) in [5.74, 6) is 1.75. The highest BCUT2D eigenvalue weighted by Gasteiger charge is 2.14. The topological polar surface area (TPSA) is 107 Å². The van der Waals surface area contributed by atoms with Crippen molar-refractivity contribution in [2.45, 2.75) is 40.7 Å². The first-order valence-electron chi connectivity index (χ1n) is 10.1. The number of anilines is 2. The molecule has 2 rings (SSSR count). The van der Waals surface area contributed by atoms with Crippen LogP contribution in [-0.4, -0.2) is 60.5 Å². The van der Waals surface area contributed by atoms with Gasteiger partial charge in [0.25, 0.3) is 0 Å². The van der Waals surface area contributed by atoms with Crippen LogP contribution in [-0.2, 0) is 9.47 Å². The summed E-state index contributed by atoms with van der Waals surface area (Å²) in [6.07, 6.45) is 0. The average Bonchev–Trinajstić information content (AvgIpc) is 2.62. The van der Waals surface area contributed by atoms with E-state index in [1.807, 2.05) is 0 Å². The Bertz CT molecular complexity index is 759. The van der Waals surface area contributed by atoms with Gasteiger partial charge < -0.3 is 25.8 Å². The Labute approximate surface area is 173 Å². The molecule has 0 amide bonds. The molecule has 0 saturated carbocycles. The normalized spacial score (nSPS) is 11.1. The molecule has 0 aliphatic carbocycles. The van der Waals surface area contributed by atoms with Crippen LogP contribution in [0.3, 0.4) is 0 Å². The number of hydrogen-bond donors (Lipinski definition) is 3. The lowest BCUT2D eigenvalue weighted by atomic mass is 9.99. The van der Waals surface area contributed by atoms with Crippen LogP contribution in [0.15, 0.2) is 12.1 Å². The van der Waals surface area contributed by atoms with Gasteiger partial charge in [-0.2, -0.15) is 15.0 Å². The van der Waals surface area contributed by atoms with Crippen LogP contribution in [0.4, 0.5) is 11.9 Å². The van der Waals surface area contributed by atoms with Crippen LogP contribution in [0.5, 0.6) is 0 Å². The molecule has 0 aliphatic heterocycles. The Hall–Kier alpha value is -2.29. The Morgan fingerprint density at radius 2 is 1.52 bits per heavy atom. The zero-order valence-electron chi connectivity index (χ0n) is 18.2. The van der Waals surface area contributed by atoms with E-state index in [0.29, 0.717) is 57.2 Å². The number of nitrogens with one attached hydrogen (secondary N) is 2. The molecule has 1 heterocycles. The molecule has 160 valence electrons. The lowest BCUT2D eigenvalue weighted by Crippen LogP contribution is -2.18. The fraction of sp³-hybridized carbons (Fsp3) is 0.571. The van der Waals surface area contributed by atoms with Crippen molar-refractivity contribution in [3.63, 3.8) is 0 Å². The highest BCUT2D eigenvalue weighted by molar-refractivity contribution is 5.67. The van der Waals surface area contributed by atoms with Crippen molar-refractivity contribution in [3.8, 4) is 11.4 Å². The van der Waals surface area contributed by atoms with Crippen molar-refractivity contribution in [3.05, 3.63) is 28.8 Å². The van der Waals surface area contributed by atoms with Crippen LogP contribution in [0.2, 0.25) is 0 Å². The Kier molecular flexibility index (Phi) is 9.24. The van der Waals surface area contributed by atoms with Crippen LogP contribution in [0.1, 0.15) is 30.5 Å². The molecular formula is C21H34N6O2. The maximum atomic E-state index is 5.55. The highest BCUT2D eigenvalue weighted by atomic mass is 16.5. The first kappa shape index (κ1) is 23.0. The summed E-state index contributed by atoms with van der Waals surface area (Å²) in [6.45, 7) is 13.7. The van der Waals surface area contributed by atoms with Crippen molar-refractivity contribution in [1.29, 1.82) is 0 Å². The molecule has 8 nitrogen and oxygen atoms in total. The van der Waals surface area contributed by atoms with E-state index in [2.05, 4.69) is 72.3 Å². The number of benzene rings is 1. The summed E-state index contributed by atoms with van der Waals surface area (Å²) in [7, 11) is 0. The van der Waals surface area contributed by atoms with E-state index in [1.54, 1.807) is 0 Å². The van der Waals surface area contributed by atoms with Crippen molar-refractivity contribution in [1.82, 2.24) is 15.0 Å². The predicted octanol–water partition coefficient (Wildman–Crippen LogP) is 2.69. The SMILES string of the molecule is Cc1cc(C)c(-c2nc(NCCOCCOCCN)nc(NC(C)C)n2)c(C)c1. The Balaban J connectivity index is 2.09. The van der Waals surface area contributed by atoms with Gasteiger partial charge in [0.05, 0.1) is 26.4 Å². The molecule has 8 heteroatoms. The minimum Gasteiger partial charge on any atom is -0.378 e. The van der Waals surface area contributed by atoms with E-state index in [0.717, 1.165) is 16.7 Å². The zero-order chi connectivity index (χ0) is 21.2. The zero-order valence-corrected chi connectivity index (χ0v) is 18.2. The van der Waals surface area contributed by atoms with E-state index in [9.17, 15) is 0 Å². The maximum Gasteiger partial charge on any atom is 0.228 e. The summed E-state index contributed by atoms with van der Waals surface area (Å²) >= 11 is 0. The van der Waals surface area contributed by atoms with Gasteiger partial charge in [-0.05, 0) is 45.7 Å². The monoisotopic (exact) mass is 402 g/mol. The number of ether oxygens (including phenoxy) is 2. The standard InChI is InChI=1S/C21H34N6O2/c1-14(2)24-21-26-19(18-16(4)12-15(3)13-17(18)5)25-20(27-21)23-7-9-29-11-10-28-8-6-22/h12-14H,6-11,22H2,1-5H3,(H2,23,24,25,26,27). The number of aromatic nitrogens is 3. The summed E-state index contributed by atoms with van der Waals surface area (Å²) in [4.78, 5) is 13.8. The molecule has 0 saturated heterocycles. The minimum atomic E-state index is 0.218. The Morgan fingerprint density at radius 1 is 0.897 bits per heavy atom. The molecular weight excluding hydrogens is 368 g/mol. The number of nitrogens with two attached hydrogens (primary N) is 1. The van der Waals surface area contributed by atoms with Gasteiger partial charge in [0, 0.05) is 24.7 Å². The minimum absolute atomic E-state index is 0.218. The molecule has 29 heavy (non-hydrogen) atoms. The van der Waals surface area contributed by atoms with Crippen LogP contribution in [0, 0.1) is 20.8 Å². The second-order valence-corrected chi connectivity index (χ2v) is 7.32. The van der Waals surface area contributed by atoms with Crippen molar-refractivity contribution in [2.24, 2.45) is 5.73 Å². The summed E-state index contributed by atoms with van der Waals surface area (Å²) in [5, 5.41) is 6.51. The van der Waals surface area contributed by atoms with Gasteiger partial charge in [0.15, 0.2) is 5.82 Å². The highest BCUT2D eigenvalue weighted by Crippen LogP contribution is 2.27. The van der Waals surface area contributed by atoms with Gasteiger partial charge in [-0.15, -0.1) is 0 Å². The van der Waals surface area contributed by atoms with Gasteiger partial charge in [0.2, 0.25) is 11.9 Å². The van der Waals surface area contributed by atoms with E-state index >= 15 is 0 Å². The number of nitrogens with zero attached hydrogens (tertiary/aromatic N) is 3. The van der Waals surface area contributed by atoms with Crippen LogP contribution < -0.4 is 16.4 Å². The molecule has 0 fully saturated rings. The van der Waals surface area contributed by atoms with Gasteiger partial charge in [-0.1, -0.05) is 17.7 Å². The maximum absolute atomic E-state index is 5.55. The van der Waals surface area contributed by atoms with Crippen LogP contribution >= 0.6 is 0 Å². The first-order chi connectivity index (χ1) is 13.9. The molecule has 0 spiro atoms. The quantitative estimate of drug-likeness (QED) is 0.465. The van der Waals surface area contributed by atoms with Crippen molar-refractivity contribution in [2.75, 3.05) is 50.2 Å². The van der Waals surface area contributed by atoms with Gasteiger partial charge in [-0.25, -0.2) is 0 Å². The van der Waals surface area contributed by atoms with Gasteiger partial charge >= 0.3 is 0 Å². The average molecular weight is 403 g/mol. The Morgan fingerprint density at radius 3 is 2.14 bits per heavy atom. The smallest absolute Gasteiger partial charge is 0.228 e. The molecule has 0 aliphatic rings. The van der Waals surface area contributed by atoms with E-state index in [-0.39, 0.29) is 6.04 Å². The molecule has 0 bridgehead atoms. The molecule has 1 aromatic heterocycles. The molecule has 0 radical (unpaired) electrons. The first-order valence-corrected chi connectivity index (χ1v) is 10.1. The fourth-order valence-electron chi connectivity index (χ4n) is 3.06. The lowest BCUT2D eigenvalue weighted by molar-refractivity contribution is 0.0547. The number of hydrogen-bond acceptors (Lipinski definition) is 8. The number of rotatable bonds is 12. The summed E-state index contributed by atoms with van der Waals surface area (Å²) in [5.41, 5.74) is 9.94. The van der Waals surface area contributed by atoms with Gasteiger partial charge in [0.1, 0.15) is 0 Å². The van der Waals surface area contributed by atoms with Crippen molar-refractivity contribution < 1.29 is 9.47 Å². The number of aryl methyl sites for hydroxylation is 3. The third-order valence-electron chi connectivity index (χ3n) is 4.12. The van der Waals surface area contributed by atoms with E-state index in [1.165, 1.54) is 5.56 Å². The summed E-state index contributed by atoms with van der Waals surface area (Å²) < 4.78 is 10.8. The molecule has 0 atom stereocenters. The molecule has 2 aromatic rings. The molecule has 1 aromatic carbocycles. The molecule has 4 N–H and O–H groups in total. The third kappa shape index (κ3) is 7.56.